The molecule has 7 heteroatoms. The third-order valence-electron chi connectivity index (χ3n) is 2.85. The second-order valence-corrected chi connectivity index (χ2v) is 4.01. The van der Waals surface area contributed by atoms with Gasteiger partial charge in [0.05, 0.1) is 20.8 Å². The van der Waals surface area contributed by atoms with Crippen LogP contribution in [0.25, 0.3) is 0 Å². The Bertz CT molecular complexity index is 344. The third kappa shape index (κ3) is 2.91. The number of alkyl carbamates (subject to hydrolysis) is 1. The fourth-order valence-electron chi connectivity index (χ4n) is 1.85. The number of β-lactam (4-membered cyclic amide) rings is 1. The van der Waals surface area contributed by atoms with Gasteiger partial charge in [0.1, 0.15) is 12.1 Å². The molecule has 0 aromatic heterocycles. The van der Waals surface area contributed by atoms with E-state index < -0.39 is 24.1 Å². The minimum Gasteiger partial charge on any atom is -0.467 e. The first kappa shape index (κ1) is 14.3. The van der Waals surface area contributed by atoms with Gasteiger partial charge in [-0.15, -0.1) is 0 Å². The third-order valence-corrected chi connectivity index (χ3v) is 2.85. The van der Waals surface area contributed by atoms with Crippen molar-refractivity contribution in [1.29, 1.82) is 0 Å². The molecule has 102 valence electrons. The molecule has 1 fully saturated rings. The molecule has 1 aliphatic heterocycles. The van der Waals surface area contributed by atoms with E-state index in [1.54, 1.807) is 0 Å². The predicted octanol–water partition coefficient (Wildman–Crippen LogP) is -0.105. The lowest BCUT2D eigenvalue weighted by atomic mass is 10.0. The molecule has 0 aliphatic carbocycles. The molecule has 1 N–H and O–H groups in total. The number of carbonyl (C=O) groups is 3. The number of ether oxygens (including phenoxy) is 2. The van der Waals surface area contributed by atoms with Crippen molar-refractivity contribution >= 4 is 18.0 Å². The van der Waals surface area contributed by atoms with Crippen LogP contribution in [0.15, 0.2) is 0 Å². The number of amides is 2. The van der Waals surface area contributed by atoms with E-state index in [-0.39, 0.29) is 5.91 Å². The van der Waals surface area contributed by atoms with E-state index in [2.05, 4.69) is 14.8 Å². The van der Waals surface area contributed by atoms with Crippen LogP contribution in [-0.4, -0.2) is 55.7 Å². The average molecular weight is 258 g/mol. The molecule has 0 spiro atoms. The summed E-state index contributed by atoms with van der Waals surface area (Å²) in [7, 11) is 2.52. The molecule has 0 aromatic rings. The molecule has 2 atom stereocenters. The summed E-state index contributed by atoms with van der Waals surface area (Å²) in [5, 5.41) is 2.40. The van der Waals surface area contributed by atoms with Crippen LogP contribution < -0.4 is 5.32 Å². The molecule has 2 amide bonds. The first-order chi connectivity index (χ1) is 8.54. The summed E-state index contributed by atoms with van der Waals surface area (Å²) in [6.45, 7) is 2.22. The zero-order valence-electron chi connectivity index (χ0n) is 10.8. The minimum absolute atomic E-state index is 0.288. The van der Waals surface area contributed by atoms with Gasteiger partial charge >= 0.3 is 12.1 Å². The van der Waals surface area contributed by atoms with E-state index in [0.717, 1.165) is 6.42 Å². The largest absolute Gasteiger partial charge is 0.467 e. The van der Waals surface area contributed by atoms with E-state index >= 15 is 0 Å². The number of carbonyl (C=O) groups excluding carboxylic acids is 3. The van der Waals surface area contributed by atoms with Gasteiger partial charge in [-0.05, 0) is 6.42 Å². The van der Waals surface area contributed by atoms with E-state index in [1.807, 2.05) is 6.92 Å². The number of methoxy groups -OCH3 is 2. The quantitative estimate of drug-likeness (QED) is 0.549. The number of nitrogens with zero attached hydrogens (tertiary/aromatic N) is 1. The molecule has 1 aliphatic rings. The number of esters is 1. The number of likely N-dealkylation sites (tertiary alicyclic amines) is 1. The molecule has 1 heterocycles. The normalized spacial score (nSPS) is 19.8. The molecule has 1 rings (SSSR count). The van der Waals surface area contributed by atoms with Gasteiger partial charge in [0.25, 0.3) is 0 Å². The van der Waals surface area contributed by atoms with Crippen molar-refractivity contribution in [3.63, 3.8) is 0 Å². The molecular weight excluding hydrogens is 240 g/mol. The Morgan fingerprint density at radius 3 is 2.56 bits per heavy atom. The van der Waals surface area contributed by atoms with Gasteiger partial charge in [-0.1, -0.05) is 13.3 Å². The molecule has 18 heavy (non-hydrogen) atoms. The highest BCUT2D eigenvalue weighted by atomic mass is 16.5. The average Bonchev–Trinajstić information content (AvgIpc) is 2.39. The van der Waals surface area contributed by atoms with Crippen molar-refractivity contribution in [2.75, 3.05) is 20.8 Å². The molecule has 0 aromatic carbocycles. The van der Waals surface area contributed by atoms with Crippen molar-refractivity contribution in [2.24, 2.45) is 0 Å². The summed E-state index contributed by atoms with van der Waals surface area (Å²) in [5.41, 5.74) is 0. The molecule has 0 bridgehead atoms. The van der Waals surface area contributed by atoms with Gasteiger partial charge in [0, 0.05) is 0 Å². The summed E-state index contributed by atoms with van der Waals surface area (Å²) in [6.07, 6.45) is 0.653. The fraction of sp³-hybridized carbons (Fsp3) is 0.727. The van der Waals surface area contributed by atoms with Gasteiger partial charge in [-0.2, -0.15) is 0 Å². The van der Waals surface area contributed by atoms with Crippen molar-refractivity contribution in [1.82, 2.24) is 10.2 Å². The standard InChI is InChI=1S/C11H18N2O5/c1-4-5-8(10(15)17-2)13-6-7(9(13)14)12-11(16)18-3/h7-8H,4-6H2,1-3H3,(H,12,16). The first-order valence-electron chi connectivity index (χ1n) is 5.77. The molecular formula is C11H18N2O5. The zero-order valence-corrected chi connectivity index (χ0v) is 10.8. The van der Waals surface area contributed by atoms with Gasteiger partial charge in [-0.25, -0.2) is 9.59 Å². The van der Waals surface area contributed by atoms with Crippen molar-refractivity contribution < 1.29 is 23.9 Å². The Morgan fingerprint density at radius 1 is 1.44 bits per heavy atom. The smallest absolute Gasteiger partial charge is 0.407 e. The van der Waals surface area contributed by atoms with E-state index in [9.17, 15) is 14.4 Å². The van der Waals surface area contributed by atoms with Crippen molar-refractivity contribution in [2.45, 2.75) is 31.8 Å². The molecule has 0 radical (unpaired) electrons. The maximum atomic E-state index is 11.8. The Hall–Kier alpha value is -1.79. The highest BCUT2D eigenvalue weighted by Gasteiger charge is 2.44. The van der Waals surface area contributed by atoms with Crippen LogP contribution in [0.4, 0.5) is 4.79 Å². The lowest BCUT2D eigenvalue weighted by molar-refractivity contribution is -0.161. The van der Waals surface area contributed by atoms with Gasteiger partial charge < -0.3 is 19.7 Å². The topological polar surface area (TPSA) is 84.9 Å². The number of hydrogen-bond acceptors (Lipinski definition) is 5. The summed E-state index contributed by atoms with van der Waals surface area (Å²) in [6, 6.07) is -1.18. The summed E-state index contributed by atoms with van der Waals surface area (Å²) in [5.74, 6) is -0.717. The molecule has 0 saturated carbocycles. The van der Waals surface area contributed by atoms with Gasteiger partial charge in [-0.3, -0.25) is 4.79 Å². The van der Waals surface area contributed by atoms with Crippen molar-refractivity contribution in [3.05, 3.63) is 0 Å². The lowest BCUT2D eigenvalue weighted by Gasteiger charge is -2.42. The number of hydrogen-bond donors (Lipinski definition) is 1. The minimum atomic E-state index is -0.655. The fourth-order valence-corrected chi connectivity index (χ4v) is 1.85. The maximum Gasteiger partial charge on any atom is 0.407 e. The van der Waals surface area contributed by atoms with E-state index in [4.69, 9.17) is 0 Å². The van der Waals surface area contributed by atoms with Crippen LogP contribution >= 0.6 is 0 Å². The first-order valence-corrected chi connectivity index (χ1v) is 5.77. The van der Waals surface area contributed by atoms with Crippen LogP contribution in [0.2, 0.25) is 0 Å². The van der Waals surface area contributed by atoms with Crippen LogP contribution in [-0.2, 0) is 19.1 Å². The van der Waals surface area contributed by atoms with Gasteiger partial charge in [0.2, 0.25) is 5.91 Å². The lowest BCUT2D eigenvalue weighted by Crippen LogP contribution is -2.67. The van der Waals surface area contributed by atoms with Crippen molar-refractivity contribution in [3.8, 4) is 0 Å². The number of rotatable bonds is 5. The highest BCUT2D eigenvalue weighted by Crippen LogP contribution is 2.19. The monoisotopic (exact) mass is 258 g/mol. The van der Waals surface area contributed by atoms with Crippen LogP contribution in [0.3, 0.4) is 0 Å². The number of nitrogens with one attached hydrogen (secondary N) is 1. The molecule has 2 unspecified atom stereocenters. The molecule has 7 nitrogen and oxygen atoms in total. The SMILES string of the molecule is CCCC(C(=O)OC)N1CC(NC(=O)OC)C1=O. The summed E-state index contributed by atoms with van der Waals surface area (Å²) < 4.78 is 9.07. The summed E-state index contributed by atoms with van der Waals surface area (Å²) in [4.78, 5) is 35.7. The van der Waals surface area contributed by atoms with Crippen LogP contribution in [0.5, 0.6) is 0 Å². The Morgan fingerprint density at radius 2 is 2.11 bits per heavy atom. The van der Waals surface area contributed by atoms with Crippen LogP contribution in [0.1, 0.15) is 19.8 Å². The highest BCUT2D eigenvalue weighted by molar-refractivity contribution is 5.94. The van der Waals surface area contributed by atoms with E-state index in [1.165, 1.54) is 19.1 Å². The second kappa shape index (κ2) is 6.23. The van der Waals surface area contributed by atoms with E-state index in [0.29, 0.717) is 13.0 Å². The Kier molecular flexibility index (Phi) is 4.94. The van der Waals surface area contributed by atoms with Crippen LogP contribution in [0, 0.1) is 0 Å². The molecule has 1 saturated heterocycles. The second-order valence-electron chi connectivity index (χ2n) is 4.01. The zero-order chi connectivity index (χ0) is 13.7. The maximum absolute atomic E-state index is 11.8. The Labute approximate surface area is 105 Å². The predicted molar refractivity (Wildman–Crippen MR) is 61.8 cm³/mol. The summed E-state index contributed by atoms with van der Waals surface area (Å²) >= 11 is 0. The Balaban J connectivity index is 2.56. The van der Waals surface area contributed by atoms with Gasteiger partial charge in [0.15, 0.2) is 0 Å².